The number of anilines is 2. The lowest BCUT2D eigenvalue weighted by Gasteiger charge is -2.16. The molecule has 1 unspecified atom stereocenters. The molecule has 1 amide bonds. The Bertz CT molecular complexity index is 912. The van der Waals surface area contributed by atoms with Crippen molar-refractivity contribution in [1.82, 2.24) is 4.72 Å². The van der Waals surface area contributed by atoms with Gasteiger partial charge in [0.15, 0.2) is 0 Å². The molecule has 0 radical (unpaired) electrons. The number of carbonyl (C=O) groups excluding carboxylic acids is 1. The molecular weight excluding hydrogens is 369 g/mol. The molecule has 6 nitrogen and oxygen atoms in total. The van der Waals surface area contributed by atoms with E-state index in [-0.39, 0.29) is 22.7 Å². The fourth-order valence-electron chi connectivity index (χ4n) is 2.34. The second-order valence-corrected chi connectivity index (χ2v) is 8.33. The zero-order valence-corrected chi connectivity index (χ0v) is 16.5. The van der Waals surface area contributed by atoms with Crippen LogP contribution in [0.1, 0.15) is 26.3 Å². The number of amides is 1. The van der Waals surface area contributed by atoms with E-state index in [1.165, 1.54) is 30.3 Å². The number of benzene rings is 2. The van der Waals surface area contributed by atoms with Crippen molar-refractivity contribution in [2.24, 2.45) is 0 Å². The molecule has 2 rings (SSSR count). The van der Waals surface area contributed by atoms with Gasteiger partial charge in [0, 0.05) is 17.4 Å². The minimum Gasteiger partial charge on any atom is -0.374 e. The molecule has 3 N–H and O–H groups in total. The maximum atomic E-state index is 13.6. The Labute approximate surface area is 159 Å². The second-order valence-electron chi connectivity index (χ2n) is 6.62. The lowest BCUT2D eigenvalue weighted by Crippen LogP contribution is -2.32. The van der Waals surface area contributed by atoms with Crippen LogP contribution >= 0.6 is 0 Å². The van der Waals surface area contributed by atoms with E-state index in [1.807, 2.05) is 0 Å². The molecular formula is C19H24FN3O3S. The van der Waals surface area contributed by atoms with E-state index in [9.17, 15) is 17.6 Å². The van der Waals surface area contributed by atoms with Gasteiger partial charge < -0.3 is 10.6 Å². The van der Waals surface area contributed by atoms with Crippen LogP contribution in [0.25, 0.3) is 0 Å². The molecule has 0 aliphatic carbocycles. The fraction of sp³-hybridized carbons (Fsp3) is 0.316. The summed E-state index contributed by atoms with van der Waals surface area (Å²) in [5.41, 5.74) is 1.49. The van der Waals surface area contributed by atoms with Crippen LogP contribution in [0.3, 0.4) is 0 Å². The number of hydrogen-bond acceptors (Lipinski definition) is 4. The number of hydrogen-bond donors (Lipinski definition) is 3. The lowest BCUT2D eigenvalue weighted by molar-refractivity contribution is -0.116. The molecule has 27 heavy (non-hydrogen) atoms. The monoisotopic (exact) mass is 393 g/mol. The van der Waals surface area contributed by atoms with Crippen molar-refractivity contribution in [3.8, 4) is 0 Å². The minimum absolute atomic E-state index is 0.121. The summed E-state index contributed by atoms with van der Waals surface area (Å²) in [7, 11) is -3.58. The highest BCUT2D eigenvalue weighted by Crippen LogP contribution is 2.17. The maximum absolute atomic E-state index is 13.6. The van der Waals surface area contributed by atoms with E-state index >= 15 is 0 Å². The summed E-state index contributed by atoms with van der Waals surface area (Å²) >= 11 is 0. The zero-order valence-electron chi connectivity index (χ0n) is 15.7. The number of sulfonamides is 1. The Balaban J connectivity index is 2.01. The predicted molar refractivity (Wildman–Crippen MR) is 105 cm³/mol. The molecule has 1 atom stereocenters. The molecule has 8 heteroatoms. The number of nitrogens with one attached hydrogen (secondary N) is 3. The van der Waals surface area contributed by atoms with Gasteiger partial charge in [0.1, 0.15) is 11.9 Å². The van der Waals surface area contributed by atoms with E-state index in [1.54, 1.807) is 39.8 Å². The molecule has 0 saturated carbocycles. The van der Waals surface area contributed by atoms with Crippen LogP contribution < -0.4 is 15.4 Å². The van der Waals surface area contributed by atoms with Crippen molar-refractivity contribution in [1.29, 1.82) is 0 Å². The van der Waals surface area contributed by atoms with Crippen LogP contribution in [0, 0.1) is 12.7 Å². The first kappa shape index (κ1) is 20.9. The first-order chi connectivity index (χ1) is 12.6. The Morgan fingerprint density at radius 3 is 2.15 bits per heavy atom. The van der Waals surface area contributed by atoms with Crippen LogP contribution in [-0.4, -0.2) is 26.4 Å². The Hall–Kier alpha value is -2.45. The molecule has 0 aromatic heterocycles. The van der Waals surface area contributed by atoms with Gasteiger partial charge in [0.25, 0.3) is 0 Å². The third kappa shape index (κ3) is 5.77. The topological polar surface area (TPSA) is 87.3 Å². The highest BCUT2D eigenvalue weighted by molar-refractivity contribution is 7.89. The summed E-state index contributed by atoms with van der Waals surface area (Å²) in [6, 6.07) is 9.72. The molecule has 0 bridgehead atoms. The van der Waals surface area contributed by atoms with E-state index in [0.717, 1.165) is 0 Å². The highest BCUT2D eigenvalue weighted by atomic mass is 32.2. The van der Waals surface area contributed by atoms with Crippen LogP contribution in [-0.2, 0) is 14.8 Å². The zero-order chi connectivity index (χ0) is 20.2. The Morgan fingerprint density at radius 2 is 1.59 bits per heavy atom. The smallest absolute Gasteiger partial charge is 0.246 e. The van der Waals surface area contributed by atoms with Crippen molar-refractivity contribution in [2.75, 3.05) is 10.6 Å². The number of aryl methyl sites for hydroxylation is 1. The van der Waals surface area contributed by atoms with E-state index < -0.39 is 16.1 Å². The van der Waals surface area contributed by atoms with Gasteiger partial charge in [-0.15, -0.1) is 0 Å². The molecule has 0 aliphatic heterocycles. The largest absolute Gasteiger partial charge is 0.374 e. The lowest BCUT2D eigenvalue weighted by atomic mass is 10.2. The molecule has 2 aromatic carbocycles. The van der Waals surface area contributed by atoms with Crippen molar-refractivity contribution >= 4 is 27.3 Å². The van der Waals surface area contributed by atoms with E-state index in [2.05, 4.69) is 15.4 Å². The summed E-state index contributed by atoms with van der Waals surface area (Å²) in [6.07, 6.45) is 0. The predicted octanol–water partition coefficient (Wildman–Crippen LogP) is 3.26. The quantitative estimate of drug-likeness (QED) is 0.674. The van der Waals surface area contributed by atoms with Crippen molar-refractivity contribution in [3.63, 3.8) is 0 Å². The van der Waals surface area contributed by atoms with Gasteiger partial charge in [-0.1, -0.05) is 6.07 Å². The first-order valence-corrected chi connectivity index (χ1v) is 10.0. The fourth-order valence-corrected chi connectivity index (χ4v) is 3.60. The molecule has 0 saturated heterocycles. The van der Waals surface area contributed by atoms with Crippen molar-refractivity contribution in [2.45, 2.75) is 44.7 Å². The number of rotatable bonds is 7. The summed E-state index contributed by atoms with van der Waals surface area (Å²) in [5.74, 6) is -0.675. The Kier molecular flexibility index (Phi) is 6.56. The van der Waals surface area contributed by atoms with Gasteiger partial charge in [-0.25, -0.2) is 17.5 Å². The summed E-state index contributed by atoms with van der Waals surface area (Å²) in [4.78, 5) is 12.4. The van der Waals surface area contributed by atoms with Gasteiger partial charge in [-0.3, -0.25) is 4.79 Å². The van der Waals surface area contributed by atoms with Crippen molar-refractivity contribution in [3.05, 3.63) is 53.8 Å². The standard InChI is InChI=1S/C19H24FN3O3S/c1-12(2)23-27(25,26)17-9-7-15(8-10-17)22-19(24)14(4)21-16-6-5-13(3)18(20)11-16/h5-12,14,21,23H,1-4H3,(H,22,24). The minimum atomic E-state index is -3.58. The highest BCUT2D eigenvalue weighted by Gasteiger charge is 2.16. The normalized spacial score (nSPS) is 12.7. The third-order valence-corrected chi connectivity index (χ3v) is 5.45. The maximum Gasteiger partial charge on any atom is 0.246 e. The van der Waals surface area contributed by atoms with Crippen LogP contribution in [0.5, 0.6) is 0 Å². The van der Waals surface area contributed by atoms with E-state index in [0.29, 0.717) is 16.9 Å². The first-order valence-electron chi connectivity index (χ1n) is 8.54. The Morgan fingerprint density at radius 1 is 1.00 bits per heavy atom. The third-order valence-electron chi connectivity index (χ3n) is 3.77. The summed E-state index contributed by atoms with van der Waals surface area (Å²) < 4.78 is 40.3. The van der Waals surface area contributed by atoms with Crippen LogP contribution in [0.2, 0.25) is 0 Å². The molecule has 2 aromatic rings. The molecule has 0 aliphatic rings. The van der Waals surface area contributed by atoms with Crippen LogP contribution in [0.4, 0.5) is 15.8 Å². The van der Waals surface area contributed by atoms with E-state index in [4.69, 9.17) is 0 Å². The van der Waals surface area contributed by atoms with Gasteiger partial charge >= 0.3 is 0 Å². The summed E-state index contributed by atoms with van der Waals surface area (Å²) in [6.45, 7) is 6.79. The van der Waals surface area contributed by atoms with Gasteiger partial charge in [-0.05, 0) is 69.7 Å². The van der Waals surface area contributed by atoms with Gasteiger partial charge in [0.2, 0.25) is 15.9 Å². The van der Waals surface area contributed by atoms with Crippen LogP contribution in [0.15, 0.2) is 47.4 Å². The number of halogens is 1. The summed E-state index contributed by atoms with van der Waals surface area (Å²) in [5, 5.41) is 5.63. The molecule has 146 valence electrons. The number of carbonyl (C=O) groups is 1. The molecule has 0 fully saturated rings. The average molecular weight is 393 g/mol. The van der Waals surface area contributed by atoms with Crippen molar-refractivity contribution < 1.29 is 17.6 Å². The molecule has 0 spiro atoms. The second kappa shape index (κ2) is 8.49. The van der Waals surface area contributed by atoms with Gasteiger partial charge in [-0.2, -0.15) is 0 Å². The average Bonchev–Trinajstić information content (AvgIpc) is 2.57. The molecule has 0 heterocycles. The SMILES string of the molecule is Cc1ccc(NC(C)C(=O)Nc2ccc(S(=O)(=O)NC(C)C)cc2)cc1F. The van der Waals surface area contributed by atoms with Gasteiger partial charge in [0.05, 0.1) is 4.90 Å².